The van der Waals surface area contributed by atoms with Crippen LogP contribution in [0.4, 0.5) is 5.69 Å². The minimum atomic E-state index is 0.300. The molecule has 2 heterocycles. The van der Waals surface area contributed by atoms with Gasteiger partial charge in [0.25, 0.3) is 0 Å². The van der Waals surface area contributed by atoms with Crippen LogP contribution in [0, 0.1) is 0 Å². The van der Waals surface area contributed by atoms with E-state index in [0.717, 1.165) is 42.7 Å². The molecule has 2 aliphatic heterocycles. The molecule has 5 rings (SSSR count). The molecule has 0 saturated carbocycles. The van der Waals surface area contributed by atoms with Crippen LogP contribution in [0.15, 0.2) is 66.7 Å². The van der Waals surface area contributed by atoms with Crippen molar-refractivity contribution >= 4 is 17.3 Å². The van der Waals surface area contributed by atoms with E-state index >= 15 is 0 Å². The van der Waals surface area contributed by atoms with Crippen LogP contribution in [0.3, 0.4) is 0 Å². The number of benzene rings is 3. The Hall–Kier alpha value is -2.69. The van der Waals surface area contributed by atoms with Crippen LogP contribution in [-0.2, 0) is 6.42 Å². The molecule has 0 spiro atoms. The number of fused-ring (bicyclic) bond motifs is 3. The van der Waals surface area contributed by atoms with Gasteiger partial charge in [0.2, 0.25) is 0 Å². The van der Waals surface area contributed by atoms with Gasteiger partial charge in [-0.15, -0.1) is 0 Å². The van der Waals surface area contributed by atoms with Gasteiger partial charge in [-0.2, -0.15) is 0 Å². The van der Waals surface area contributed by atoms with E-state index in [1.54, 1.807) is 14.2 Å². The number of nitrogens with zero attached hydrogens (tertiary/aromatic N) is 2. The maximum atomic E-state index is 6.14. The van der Waals surface area contributed by atoms with Gasteiger partial charge in [-0.05, 0) is 59.5 Å². The Morgan fingerprint density at radius 3 is 2.32 bits per heavy atom. The number of hydrogen-bond donors (Lipinski definition) is 0. The highest BCUT2D eigenvalue weighted by atomic mass is 35.5. The fraction of sp³-hybridized carbons (Fsp3) is 0.308. The van der Waals surface area contributed by atoms with Gasteiger partial charge in [0.1, 0.15) is 0 Å². The van der Waals surface area contributed by atoms with Gasteiger partial charge < -0.3 is 14.4 Å². The van der Waals surface area contributed by atoms with E-state index < -0.39 is 0 Å². The zero-order valence-electron chi connectivity index (χ0n) is 17.9. The number of rotatable bonds is 4. The summed E-state index contributed by atoms with van der Waals surface area (Å²) in [6.07, 6.45) is 1.00. The van der Waals surface area contributed by atoms with E-state index in [2.05, 4.69) is 64.4 Å². The zero-order chi connectivity index (χ0) is 21.4. The Balaban J connectivity index is 1.58. The van der Waals surface area contributed by atoms with Gasteiger partial charge >= 0.3 is 0 Å². The third kappa shape index (κ3) is 3.75. The molecule has 3 aromatic rings. The predicted octanol–water partition coefficient (Wildman–Crippen LogP) is 5.52. The lowest BCUT2D eigenvalue weighted by Gasteiger charge is -2.50. The van der Waals surface area contributed by atoms with Gasteiger partial charge in [0.05, 0.1) is 20.9 Å². The second-order valence-electron chi connectivity index (χ2n) is 8.27. The first-order chi connectivity index (χ1) is 15.2. The first-order valence-corrected chi connectivity index (χ1v) is 11.1. The molecule has 0 aliphatic carbocycles. The van der Waals surface area contributed by atoms with Crippen molar-refractivity contribution in [3.8, 4) is 11.5 Å². The summed E-state index contributed by atoms with van der Waals surface area (Å²) in [7, 11) is 3.42. The molecule has 0 radical (unpaired) electrons. The third-order valence-electron chi connectivity index (χ3n) is 6.60. The van der Waals surface area contributed by atoms with Gasteiger partial charge in [-0.1, -0.05) is 41.9 Å². The SMILES string of the molecule is COc1cc2c(cc1OC)[C@@H]1[C@H](c3ccccc3)CN(c3ccc(Cl)cc3)CN1CC2. The molecule has 31 heavy (non-hydrogen) atoms. The molecule has 160 valence electrons. The summed E-state index contributed by atoms with van der Waals surface area (Å²) in [4.78, 5) is 5.07. The maximum Gasteiger partial charge on any atom is 0.161 e. The standard InChI is InChI=1S/C26H27ClN2O2/c1-30-24-14-19-12-13-28-17-29(21-10-8-20(27)9-11-21)16-23(18-6-4-3-5-7-18)26(28)22(19)15-25(24)31-2/h3-11,14-15,23,26H,12-13,16-17H2,1-2H3/t23-,26+/m0/s1. The molecule has 2 atom stereocenters. The van der Waals surface area contributed by atoms with Crippen molar-refractivity contribution in [3.05, 3.63) is 88.4 Å². The summed E-state index contributed by atoms with van der Waals surface area (Å²) in [5.41, 5.74) is 5.29. The normalized spacial score (nSPS) is 20.7. The van der Waals surface area contributed by atoms with E-state index in [-0.39, 0.29) is 0 Å². The van der Waals surface area contributed by atoms with E-state index in [4.69, 9.17) is 21.1 Å². The highest BCUT2D eigenvalue weighted by Crippen LogP contribution is 2.47. The molecule has 0 amide bonds. The van der Waals surface area contributed by atoms with Crippen molar-refractivity contribution in [2.75, 3.05) is 38.9 Å². The average molecular weight is 435 g/mol. The molecule has 0 unspecified atom stereocenters. The van der Waals surface area contributed by atoms with Crippen molar-refractivity contribution in [1.82, 2.24) is 4.90 Å². The lowest BCUT2D eigenvalue weighted by molar-refractivity contribution is 0.128. The fourth-order valence-corrected chi connectivity index (χ4v) is 5.23. The van der Waals surface area contributed by atoms with Gasteiger partial charge in [-0.3, -0.25) is 4.90 Å². The number of ether oxygens (including phenoxy) is 2. The van der Waals surface area contributed by atoms with Gasteiger partial charge in [0, 0.05) is 35.8 Å². The van der Waals surface area contributed by atoms with Crippen molar-refractivity contribution in [2.24, 2.45) is 0 Å². The number of halogens is 1. The molecule has 1 saturated heterocycles. The quantitative estimate of drug-likeness (QED) is 0.540. The number of methoxy groups -OCH3 is 2. The van der Waals surface area contributed by atoms with Crippen LogP contribution in [0.1, 0.15) is 28.7 Å². The first-order valence-electron chi connectivity index (χ1n) is 10.7. The smallest absolute Gasteiger partial charge is 0.161 e. The van der Waals surface area contributed by atoms with E-state index in [1.165, 1.54) is 22.4 Å². The highest BCUT2D eigenvalue weighted by molar-refractivity contribution is 6.30. The van der Waals surface area contributed by atoms with Crippen LogP contribution in [-0.4, -0.2) is 38.9 Å². The van der Waals surface area contributed by atoms with Gasteiger partial charge in [0.15, 0.2) is 11.5 Å². The topological polar surface area (TPSA) is 24.9 Å². The Bertz CT molecular complexity index is 1060. The zero-order valence-corrected chi connectivity index (χ0v) is 18.7. The molecule has 4 nitrogen and oxygen atoms in total. The van der Waals surface area contributed by atoms with Gasteiger partial charge in [-0.25, -0.2) is 0 Å². The Morgan fingerprint density at radius 2 is 1.61 bits per heavy atom. The molecule has 0 aromatic heterocycles. The monoisotopic (exact) mass is 434 g/mol. The largest absolute Gasteiger partial charge is 0.493 e. The minimum absolute atomic E-state index is 0.300. The molecular formula is C26H27ClN2O2. The Kier molecular flexibility index (Phi) is 5.51. The molecule has 0 N–H and O–H groups in total. The van der Waals surface area contributed by atoms with E-state index in [9.17, 15) is 0 Å². The van der Waals surface area contributed by atoms with E-state index in [0.29, 0.717) is 12.0 Å². The van der Waals surface area contributed by atoms with Crippen LogP contribution in [0.5, 0.6) is 11.5 Å². The number of hydrogen-bond acceptors (Lipinski definition) is 4. The lowest BCUT2D eigenvalue weighted by Crippen LogP contribution is -2.52. The van der Waals surface area contributed by atoms with E-state index in [1.807, 2.05) is 12.1 Å². The van der Waals surface area contributed by atoms with Crippen LogP contribution in [0.25, 0.3) is 0 Å². The maximum absolute atomic E-state index is 6.14. The molecule has 2 aliphatic rings. The van der Waals surface area contributed by atoms with Crippen LogP contribution < -0.4 is 14.4 Å². The summed E-state index contributed by atoms with van der Waals surface area (Å²) in [6.45, 7) is 2.85. The summed E-state index contributed by atoms with van der Waals surface area (Å²) in [5.74, 6) is 1.95. The summed E-state index contributed by atoms with van der Waals surface area (Å²) in [6, 6.07) is 23.7. The molecule has 0 bridgehead atoms. The predicted molar refractivity (Wildman–Crippen MR) is 126 cm³/mol. The average Bonchev–Trinajstić information content (AvgIpc) is 2.83. The van der Waals surface area contributed by atoms with Crippen molar-refractivity contribution in [2.45, 2.75) is 18.4 Å². The van der Waals surface area contributed by atoms with Crippen molar-refractivity contribution in [3.63, 3.8) is 0 Å². The Morgan fingerprint density at radius 1 is 0.903 bits per heavy atom. The number of anilines is 1. The van der Waals surface area contributed by atoms with Crippen molar-refractivity contribution in [1.29, 1.82) is 0 Å². The lowest BCUT2D eigenvalue weighted by atomic mass is 9.79. The minimum Gasteiger partial charge on any atom is -0.493 e. The first kappa shape index (κ1) is 20.2. The Labute approximate surface area is 189 Å². The van der Waals surface area contributed by atoms with Crippen molar-refractivity contribution < 1.29 is 9.47 Å². The highest BCUT2D eigenvalue weighted by Gasteiger charge is 2.40. The van der Waals surface area contributed by atoms with Crippen LogP contribution in [0.2, 0.25) is 5.02 Å². The second-order valence-corrected chi connectivity index (χ2v) is 8.71. The summed E-state index contributed by atoms with van der Waals surface area (Å²) in [5, 5.41) is 0.770. The molecule has 3 aromatic carbocycles. The molecular weight excluding hydrogens is 408 g/mol. The summed E-state index contributed by atoms with van der Waals surface area (Å²) >= 11 is 6.14. The second kappa shape index (κ2) is 8.45. The third-order valence-corrected chi connectivity index (χ3v) is 6.85. The fourth-order valence-electron chi connectivity index (χ4n) is 5.10. The molecule has 1 fully saturated rings. The van der Waals surface area contributed by atoms with Crippen LogP contribution >= 0.6 is 11.6 Å². The molecule has 5 heteroatoms. The summed E-state index contributed by atoms with van der Waals surface area (Å²) < 4.78 is 11.2.